The van der Waals surface area contributed by atoms with Crippen LogP contribution in [0.1, 0.15) is 33.1 Å². The van der Waals surface area contributed by atoms with Crippen molar-refractivity contribution in [1.29, 1.82) is 5.41 Å². The van der Waals surface area contributed by atoms with Gasteiger partial charge in [0.2, 0.25) is 11.8 Å². The van der Waals surface area contributed by atoms with Crippen molar-refractivity contribution in [1.82, 2.24) is 10.6 Å². The van der Waals surface area contributed by atoms with E-state index in [4.69, 9.17) is 16.9 Å². The fraction of sp³-hybridized carbons (Fsp3) is 0.562. The SMILES string of the molecule is CC=CC=CC(=O)NC(C)C(O)CC(N)CC(=O)NCCC(=N)N. The van der Waals surface area contributed by atoms with Gasteiger partial charge in [0.15, 0.2) is 0 Å². The average molecular weight is 339 g/mol. The minimum atomic E-state index is -0.857. The summed E-state index contributed by atoms with van der Waals surface area (Å²) in [5.74, 6) is -0.569. The molecule has 2 amide bonds. The lowest BCUT2D eigenvalue weighted by Crippen LogP contribution is -2.44. The van der Waals surface area contributed by atoms with E-state index in [9.17, 15) is 14.7 Å². The van der Waals surface area contributed by atoms with Gasteiger partial charge < -0.3 is 27.2 Å². The largest absolute Gasteiger partial charge is 0.391 e. The monoisotopic (exact) mass is 339 g/mol. The first-order valence-corrected chi connectivity index (χ1v) is 7.89. The summed E-state index contributed by atoms with van der Waals surface area (Å²) in [5, 5.41) is 22.4. The smallest absolute Gasteiger partial charge is 0.244 e. The fourth-order valence-electron chi connectivity index (χ4n) is 1.87. The Bertz CT molecular complexity index is 476. The summed E-state index contributed by atoms with van der Waals surface area (Å²) in [7, 11) is 0. The molecular formula is C16H29N5O3. The Morgan fingerprint density at radius 1 is 1.33 bits per heavy atom. The third-order valence-electron chi connectivity index (χ3n) is 3.21. The van der Waals surface area contributed by atoms with Gasteiger partial charge in [0.1, 0.15) is 0 Å². The Balaban J connectivity index is 4.14. The van der Waals surface area contributed by atoms with Gasteiger partial charge in [-0.15, -0.1) is 0 Å². The third kappa shape index (κ3) is 11.4. The highest BCUT2D eigenvalue weighted by atomic mass is 16.3. The van der Waals surface area contributed by atoms with Crippen LogP contribution in [-0.2, 0) is 9.59 Å². The van der Waals surface area contributed by atoms with Gasteiger partial charge in [-0.25, -0.2) is 0 Å². The summed E-state index contributed by atoms with van der Waals surface area (Å²) < 4.78 is 0. The summed E-state index contributed by atoms with van der Waals surface area (Å²) in [6.07, 6.45) is 6.15. The van der Waals surface area contributed by atoms with Crippen LogP contribution in [0.25, 0.3) is 0 Å². The molecule has 0 saturated carbocycles. The molecule has 0 aliphatic heterocycles. The predicted octanol–water partition coefficient (Wildman–Crippen LogP) is -0.466. The zero-order valence-electron chi connectivity index (χ0n) is 14.3. The molecule has 3 atom stereocenters. The number of carbonyl (C=O) groups is 2. The second-order valence-electron chi connectivity index (χ2n) is 5.57. The molecule has 3 unspecified atom stereocenters. The number of amidine groups is 1. The van der Waals surface area contributed by atoms with Crippen molar-refractivity contribution in [2.24, 2.45) is 11.5 Å². The first kappa shape index (κ1) is 21.8. The van der Waals surface area contributed by atoms with E-state index >= 15 is 0 Å². The fourth-order valence-corrected chi connectivity index (χ4v) is 1.87. The quantitative estimate of drug-likeness (QED) is 0.130. The van der Waals surface area contributed by atoms with E-state index in [0.717, 1.165) is 0 Å². The highest BCUT2D eigenvalue weighted by molar-refractivity contribution is 5.88. The Morgan fingerprint density at radius 3 is 2.58 bits per heavy atom. The van der Waals surface area contributed by atoms with Gasteiger partial charge in [-0.05, 0) is 20.3 Å². The second kappa shape index (κ2) is 12.3. The number of amides is 2. The van der Waals surface area contributed by atoms with Crippen molar-refractivity contribution < 1.29 is 14.7 Å². The van der Waals surface area contributed by atoms with Crippen LogP contribution >= 0.6 is 0 Å². The summed E-state index contributed by atoms with van der Waals surface area (Å²) in [6.45, 7) is 3.80. The average Bonchev–Trinajstić information content (AvgIpc) is 2.46. The van der Waals surface area contributed by atoms with Crippen molar-refractivity contribution >= 4 is 17.6 Å². The van der Waals surface area contributed by atoms with Crippen molar-refractivity contribution in [3.8, 4) is 0 Å². The third-order valence-corrected chi connectivity index (χ3v) is 3.21. The van der Waals surface area contributed by atoms with E-state index in [0.29, 0.717) is 0 Å². The number of rotatable bonds is 11. The molecule has 8 heteroatoms. The van der Waals surface area contributed by atoms with Gasteiger partial charge in [0.05, 0.1) is 18.0 Å². The van der Waals surface area contributed by atoms with Gasteiger partial charge in [-0.1, -0.05) is 18.2 Å². The molecule has 0 radical (unpaired) electrons. The summed E-state index contributed by atoms with van der Waals surface area (Å²) in [6, 6.07) is -1.02. The van der Waals surface area contributed by atoms with Crippen LogP contribution in [-0.4, -0.2) is 47.5 Å². The maximum Gasteiger partial charge on any atom is 0.244 e. The Kier molecular flexibility index (Phi) is 11.1. The summed E-state index contributed by atoms with van der Waals surface area (Å²) >= 11 is 0. The normalized spacial score (nSPS) is 15.2. The van der Waals surface area contributed by atoms with Crippen molar-refractivity contribution in [3.63, 3.8) is 0 Å². The predicted molar refractivity (Wildman–Crippen MR) is 94.3 cm³/mol. The van der Waals surface area contributed by atoms with Crippen molar-refractivity contribution in [2.45, 2.75) is 51.3 Å². The molecular weight excluding hydrogens is 310 g/mol. The molecule has 0 rings (SSSR count). The minimum Gasteiger partial charge on any atom is -0.391 e. The topological polar surface area (TPSA) is 154 Å². The number of nitrogens with two attached hydrogens (primary N) is 2. The van der Waals surface area contributed by atoms with Crippen LogP contribution in [0.5, 0.6) is 0 Å². The van der Waals surface area contributed by atoms with Gasteiger partial charge in [0.25, 0.3) is 0 Å². The molecule has 0 aliphatic carbocycles. The molecule has 0 aromatic rings. The lowest BCUT2D eigenvalue weighted by Gasteiger charge is -2.22. The van der Waals surface area contributed by atoms with Crippen molar-refractivity contribution in [3.05, 3.63) is 24.3 Å². The molecule has 0 aliphatic rings. The van der Waals surface area contributed by atoms with Crippen LogP contribution in [0, 0.1) is 5.41 Å². The Labute approximate surface area is 142 Å². The summed E-state index contributed by atoms with van der Waals surface area (Å²) in [5.41, 5.74) is 11.0. The van der Waals surface area contributed by atoms with E-state index in [1.54, 1.807) is 25.2 Å². The van der Waals surface area contributed by atoms with E-state index in [-0.39, 0.29) is 43.5 Å². The molecule has 8 N–H and O–H groups in total. The molecule has 0 aromatic heterocycles. The van der Waals surface area contributed by atoms with Crippen LogP contribution < -0.4 is 22.1 Å². The van der Waals surface area contributed by atoms with Gasteiger partial charge >= 0.3 is 0 Å². The van der Waals surface area contributed by atoms with Crippen LogP contribution in [0.15, 0.2) is 24.3 Å². The van der Waals surface area contributed by atoms with Gasteiger partial charge in [-0.3, -0.25) is 15.0 Å². The number of nitrogens with one attached hydrogen (secondary N) is 3. The maximum absolute atomic E-state index is 11.6. The lowest BCUT2D eigenvalue weighted by atomic mass is 10.0. The highest BCUT2D eigenvalue weighted by Gasteiger charge is 2.20. The molecule has 0 heterocycles. The number of aliphatic hydroxyl groups excluding tert-OH is 1. The van der Waals surface area contributed by atoms with Gasteiger partial charge in [0, 0.05) is 31.5 Å². The maximum atomic E-state index is 11.6. The number of allylic oxidation sites excluding steroid dienone is 3. The molecule has 24 heavy (non-hydrogen) atoms. The molecule has 0 fully saturated rings. The molecule has 8 nitrogen and oxygen atoms in total. The Morgan fingerprint density at radius 2 is 2.00 bits per heavy atom. The molecule has 0 bridgehead atoms. The number of hydrogen-bond acceptors (Lipinski definition) is 5. The number of aliphatic hydroxyl groups is 1. The minimum absolute atomic E-state index is 0.00284. The lowest BCUT2D eigenvalue weighted by molar-refractivity contribution is -0.122. The Hall–Kier alpha value is -2.19. The second-order valence-corrected chi connectivity index (χ2v) is 5.57. The number of carbonyl (C=O) groups excluding carboxylic acids is 2. The first-order valence-electron chi connectivity index (χ1n) is 7.89. The molecule has 0 spiro atoms. The van der Waals surface area contributed by atoms with Crippen LogP contribution in [0.4, 0.5) is 0 Å². The van der Waals surface area contributed by atoms with E-state index in [1.165, 1.54) is 6.08 Å². The van der Waals surface area contributed by atoms with Crippen LogP contribution in [0.3, 0.4) is 0 Å². The standard InChI is InChI=1S/C16H29N5O3/c1-3-4-5-6-15(23)21-11(2)13(22)9-12(17)10-16(24)20-8-7-14(18)19/h3-6,11-13,22H,7-10,17H2,1-2H3,(H3,18,19)(H,20,24)(H,21,23). The molecule has 136 valence electrons. The van der Waals surface area contributed by atoms with Gasteiger partial charge in [-0.2, -0.15) is 0 Å². The van der Waals surface area contributed by atoms with E-state index in [1.807, 2.05) is 6.92 Å². The molecule has 0 saturated heterocycles. The zero-order chi connectivity index (χ0) is 18.5. The summed E-state index contributed by atoms with van der Waals surface area (Å²) in [4.78, 5) is 23.2. The van der Waals surface area contributed by atoms with Crippen LogP contribution in [0.2, 0.25) is 0 Å². The van der Waals surface area contributed by atoms with Crippen molar-refractivity contribution in [2.75, 3.05) is 6.54 Å². The van der Waals surface area contributed by atoms with E-state index < -0.39 is 18.2 Å². The number of hydrogen-bond donors (Lipinski definition) is 6. The van der Waals surface area contributed by atoms with E-state index in [2.05, 4.69) is 10.6 Å². The first-order chi connectivity index (χ1) is 11.3. The molecule has 0 aromatic carbocycles. The zero-order valence-corrected chi connectivity index (χ0v) is 14.3. The highest BCUT2D eigenvalue weighted by Crippen LogP contribution is 2.05.